The summed E-state index contributed by atoms with van der Waals surface area (Å²) in [6.45, 7) is 6.48. The molecule has 2 rings (SSSR count). The molecule has 1 aliphatic rings. The van der Waals surface area contributed by atoms with Gasteiger partial charge < -0.3 is 15.4 Å². The number of benzene rings is 1. The molecule has 0 unspecified atom stereocenters. The molecular weight excluding hydrogens is 417 g/mol. The van der Waals surface area contributed by atoms with Gasteiger partial charge in [-0.05, 0) is 39.2 Å². The molecular formula is C18H28IN3O2. The number of hydrogen-bond acceptors (Lipinski definition) is 3. The maximum atomic E-state index is 11.7. The Morgan fingerprint density at radius 2 is 1.83 bits per heavy atom. The summed E-state index contributed by atoms with van der Waals surface area (Å²) in [6.07, 6.45) is 2.35. The van der Waals surface area contributed by atoms with Gasteiger partial charge in [-0.2, -0.15) is 0 Å². The van der Waals surface area contributed by atoms with Crippen molar-refractivity contribution in [3.05, 3.63) is 35.9 Å². The predicted octanol–water partition coefficient (Wildman–Crippen LogP) is 2.84. The van der Waals surface area contributed by atoms with E-state index in [-0.39, 0.29) is 41.9 Å². The lowest BCUT2D eigenvalue weighted by molar-refractivity contribution is -0.153. The molecule has 0 atom stereocenters. The first-order valence-electron chi connectivity index (χ1n) is 8.07. The number of nitrogens with one attached hydrogen (secondary N) is 2. The largest absolute Gasteiger partial charge is 0.459 e. The molecule has 0 radical (unpaired) electrons. The smallest absolute Gasteiger partial charge is 0.325 e. The van der Waals surface area contributed by atoms with E-state index in [1.54, 1.807) is 7.05 Å². The van der Waals surface area contributed by atoms with E-state index < -0.39 is 5.60 Å². The molecule has 1 fully saturated rings. The minimum atomic E-state index is -0.471. The van der Waals surface area contributed by atoms with Crippen LogP contribution in [0.3, 0.4) is 0 Å². The Balaban J connectivity index is 0.00000288. The molecule has 5 nitrogen and oxygen atoms in total. The number of aliphatic imine (C=N–C) groups is 1. The maximum absolute atomic E-state index is 11.7. The number of hydrogen-bond donors (Lipinski definition) is 2. The van der Waals surface area contributed by atoms with Crippen LogP contribution >= 0.6 is 24.0 Å². The lowest BCUT2D eigenvalue weighted by Crippen LogP contribution is -2.44. The molecule has 1 aromatic carbocycles. The monoisotopic (exact) mass is 445 g/mol. The highest BCUT2D eigenvalue weighted by Gasteiger charge is 2.44. The molecule has 0 heterocycles. The second-order valence-corrected chi connectivity index (χ2v) is 7.01. The zero-order chi connectivity index (χ0) is 16.9. The Kier molecular flexibility index (Phi) is 7.51. The standard InChI is InChI=1S/C18H27N3O2.HI/c1-17(2,3)23-15(22)12-20-16(19-4)21-13-18(10-11-18)14-8-6-5-7-9-14;/h5-9H,10-13H2,1-4H3,(H2,19,20,21);1H. The van der Waals surface area contributed by atoms with Gasteiger partial charge in [0.15, 0.2) is 5.96 Å². The number of nitrogens with zero attached hydrogens (tertiary/aromatic N) is 1. The third-order valence-corrected chi connectivity index (χ3v) is 3.88. The van der Waals surface area contributed by atoms with E-state index >= 15 is 0 Å². The van der Waals surface area contributed by atoms with Crippen molar-refractivity contribution in [1.29, 1.82) is 0 Å². The van der Waals surface area contributed by atoms with Crippen LogP contribution in [0.25, 0.3) is 0 Å². The minimum Gasteiger partial charge on any atom is -0.459 e. The highest BCUT2D eigenvalue weighted by Crippen LogP contribution is 2.47. The van der Waals surface area contributed by atoms with Crippen molar-refractivity contribution in [2.75, 3.05) is 20.1 Å². The molecule has 6 heteroatoms. The SMILES string of the molecule is CN=C(NCC(=O)OC(C)(C)C)NCC1(c2ccccc2)CC1.I. The van der Waals surface area contributed by atoms with Gasteiger partial charge in [0.05, 0.1) is 0 Å². The van der Waals surface area contributed by atoms with Gasteiger partial charge >= 0.3 is 5.97 Å². The number of halogens is 1. The number of esters is 1. The fraction of sp³-hybridized carbons (Fsp3) is 0.556. The van der Waals surface area contributed by atoms with Crippen molar-refractivity contribution >= 4 is 35.9 Å². The van der Waals surface area contributed by atoms with Gasteiger partial charge in [0.25, 0.3) is 0 Å². The van der Waals surface area contributed by atoms with Crippen LogP contribution in [-0.4, -0.2) is 37.7 Å². The summed E-state index contributed by atoms with van der Waals surface area (Å²) in [7, 11) is 1.70. The van der Waals surface area contributed by atoms with Crippen molar-refractivity contribution in [3.63, 3.8) is 0 Å². The zero-order valence-electron chi connectivity index (χ0n) is 14.9. The molecule has 0 saturated heterocycles. The van der Waals surface area contributed by atoms with Gasteiger partial charge in [0, 0.05) is 19.0 Å². The van der Waals surface area contributed by atoms with Crippen molar-refractivity contribution in [1.82, 2.24) is 10.6 Å². The summed E-state index contributed by atoms with van der Waals surface area (Å²) in [5.74, 6) is 0.336. The lowest BCUT2D eigenvalue weighted by Gasteiger charge is -2.21. The Labute approximate surface area is 161 Å². The first-order valence-corrected chi connectivity index (χ1v) is 8.07. The summed E-state index contributed by atoms with van der Waals surface area (Å²) < 4.78 is 5.28. The highest BCUT2D eigenvalue weighted by molar-refractivity contribution is 14.0. The van der Waals surface area contributed by atoms with Crippen LogP contribution in [0, 0.1) is 0 Å². The summed E-state index contributed by atoms with van der Waals surface area (Å²) in [5.41, 5.74) is 1.08. The van der Waals surface area contributed by atoms with Crippen molar-refractivity contribution in [2.24, 2.45) is 4.99 Å². The number of carbonyl (C=O) groups is 1. The van der Waals surface area contributed by atoms with Crippen LogP contribution in [0.15, 0.2) is 35.3 Å². The van der Waals surface area contributed by atoms with Crippen LogP contribution in [-0.2, 0) is 14.9 Å². The molecule has 1 aliphatic carbocycles. The molecule has 24 heavy (non-hydrogen) atoms. The number of ether oxygens (including phenoxy) is 1. The third kappa shape index (κ3) is 6.30. The Morgan fingerprint density at radius 3 is 2.33 bits per heavy atom. The van der Waals surface area contributed by atoms with Crippen LogP contribution < -0.4 is 10.6 Å². The van der Waals surface area contributed by atoms with Gasteiger partial charge in [0.2, 0.25) is 0 Å². The summed E-state index contributed by atoms with van der Waals surface area (Å²) >= 11 is 0. The third-order valence-electron chi connectivity index (χ3n) is 3.88. The van der Waals surface area contributed by atoms with E-state index in [1.165, 1.54) is 18.4 Å². The molecule has 0 spiro atoms. The summed E-state index contributed by atoms with van der Waals surface area (Å²) in [5, 5.41) is 6.33. The first-order chi connectivity index (χ1) is 10.8. The molecule has 134 valence electrons. The van der Waals surface area contributed by atoms with Crippen LogP contribution in [0.5, 0.6) is 0 Å². The zero-order valence-corrected chi connectivity index (χ0v) is 17.2. The van der Waals surface area contributed by atoms with Gasteiger partial charge in [-0.15, -0.1) is 24.0 Å². The fourth-order valence-corrected chi connectivity index (χ4v) is 2.52. The first kappa shape index (κ1) is 20.7. The van der Waals surface area contributed by atoms with E-state index in [0.29, 0.717) is 5.96 Å². The Hall–Kier alpha value is -1.31. The molecule has 0 aliphatic heterocycles. The molecule has 0 bridgehead atoms. The van der Waals surface area contributed by atoms with Gasteiger partial charge in [-0.25, -0.2) is 0 Å². The molecule has 2 N–H and O–H groups in total. The van der Waals surface area contributed by atoms with Gasteiger partial charge in [-0.3, -0.25) is 9.79 Å². The van der Waals surface area contributed by atoms with Crippen molar-refractivity contribution < 1.29 is 9.53 Å². The topological polar surface area (TPSA) is 62.7 Å². The Morgan fingerprint density at radius 1 is 1.21 bits per heavy atom. The second kappa shape index (κ2) is 8.69. The molecule has 1 aromatic rings. The average molecular weight is 445 g/mol. The highest BCUT2D eigenvalue weighted by atomic mass is 127. The lowest BCUT2D eigenvalue weighted by atomic mass is 9.96. The number of carbonyl (C=O) groups excluding carboxylic acids is 1. The minimum absolute atomic E-state index is 0. The second-order valence-electron chi connectivity index (χ2n) is 7.01. The normalized spacial score (nSPS) is 15.9. The fourth-order valence-electron chi connectivity index (χ4n) is 2.52. The number of guanidine groups is 1. The van der Waals surface area contributed by atoms with Crippen molar-refractivity contribution in [2.45, 2.75) is 44.6 Å². The van der Waals surface area contributed by atoms with Crippen LogP contribution in [0.4, 0.5) is 0 Å². The van der Waals surface area contributed by atoms with Crippen LogP contribution in [0.1, 0.15) is 39.2 Å². The van der Waals surface area contributed by atoms with E-state index in [4.69, 9.17) is 4.74 Å². The van der Waals surface area contributed by atoms with Gasteiger partial charge in [-0.1, -0.05) is 30.3 Å². The average Bonchev–Trinajstić information content (AvgIpc) is 3.28. The molecule has 0 amide bonds. The van der Waals surface area contributed by atoms with E-state index in [0.717, 1.165) is 6.54 Å². The molecule has 0 aromatic heterocycles. The predicted molar refractivity (Wildman–Crippen MR) is 108 cm³/mol. The Bertz CT molecular complexity index is 563. The van der Waals surface area contributed by atoms with E-state index in [2.05, 4.69) is 39.9 Å². The number of rotatable bonds is 5. The summed E-state index contributed by atoms with van der Waals surface area (Å²) in [6, 6.07) is 10.5. The van der Waals surface area contributed by atoms with Gasteiger partial charge in [0.1, 0.15) is 12.1 Å². The summed E-state index contributed by atoms with van der Waals surface area (Å²) in [4.78, 5) is 15.9. The van der Waals surface area contributed by atoms with Crippen molar-refractivity contribution in [3.8, 4) is 0 Å². The maximum Gasteiger partial charge on any atom is 0.325 e. The van der Waals surface area contributed by atoms with Crippen LogP contribution in [0.2, 0.25) is 0 Å². The van der Waals surface area contributed by atoms with E-state index in [1.807, 2.05) is 26.8 Å². The quantitative estimate of drug-likeness (QED) is 0.317. The van der Waals surface area contributed by atoms with E-state index in [9.17, 15) is 4.79 Å². The molecule has 1 saturated carbocycles.